The van der Waals surface area contributed by atoms with Crippen molar-refractivity contribution >= 4 is 12.0 Å². The van der Waals surface area contributed by atoms with Crippen LogP contribution in [-0.2, 0) is 11.3 Å². The monoisotopic (exact) mass is 365 g/mol. The zero-order chi connectivity index (χ0) is 19.2. The third kappa shape index (κ3) is 5.13. The minimum Gasteiger partial charge on any atom is -0.497 e. The summed E-state index contributed by atoms with van der Waals surface area (Å²) in [5, 5.41) is 0. The van der Waals surface area contributed by atoms with Crippen LogP contribution in [0.5, 0.6) is 11.5 Å². The lowest BCUT2D eigenvalue weighted by molar-refractivity contribution is -0.129. The van der Waals surface area contributed by atoms with Gasteiger partial charge in [-0.1, -0.05) is 24.3 Å². The van der Waals surface area contributed by atoms with Crippen molar-refractivity contribution in [1.82, 2.24) is 4.90 Å². The average Bonchev–Trinajstić information content (AvgIpc) is 3.55. The predicted molar refractivity (Wildman–Crippen MR) is 108 cm³/mol. The molecular weight excluding hydrogens is 338 g/mol. The third-order valence-corrected chi connectivity index (χ3v) is 5.10. The molecule has 0 aromatic heterocycles. The van der Waals surface area contributed by atoms with Crippen molar-refractivity contribution in [1.29, 1.82) is 0 Å². The van der Waals surface area contributed by atoms with Crippen molar-refractivity contribution in [2.45, 2.75) is 32.4 Å². The van der Waals surface area contributed by atoms with Crippen molar-refractivity contribution in [2.75, 3.05) is 14.2 Å². The first-order valence-electron chi connectivity index (χ1n) is 9.36. The molecule has 1 fully saturated rings. The van der Waals surface area contributed by atoms with E-state index in [1.807, 2.05) is 59.5 Å². The predicted octanol–water partition coefficient (Wildman–Crippen LogP) is 4.54. The van der Waals surface area contributed by atoms with Crippen LogP contribution in [0.2, 0.25) is 0 Å². The molecule has 0 bridgehead atoms. The maximum Gasteiger partial charge on any atom is 0.247 e. The van der Waals surface area contributed by atoms with E-state index in [-0.39, 0.29) is 11.9 Å². The zero-order valence-corrected chi connectivity index (χ0v) is 16.2. The Morgan fingerprint density at radius 2 is 1.81 bits per heavy atom. The molecule has 1 aliphatic rings. The molecule has 142 valence electrons. The third-order valence-electron chi connectivity index (χ3n) is 5.10. The topological polar surface area (TPSA) is 38.8 Å². The van der Waals surface area contributed by atoms with Crippen LogP contribution in [0.3, 0.4) is 0 Å². The highest BCUT2D eigenvalue weighted by Crippen LogP contribution is 2.36. The molecule has 0 spiro atoms. The molecule has 2 aromatic rings. The summed E-state index contributed by atoms with van der Waals surface area (Å²) in [5.41, 5.74) is 2.05. The van der Waals surface area contributed by atoms with E-state index in [4.69, 9.17) is 9.47 Å². The maximum atomic E-state index is 13.0. The molecule has 3 rings (SSSR count). The number of hydrogen-bond acceptors (Lipinski definition) is 3. The Morgan fingerprint density at radius 3 is 2.44 bits per heavy atom. The fraction of sp³-hybridized carbons (Fsp3) is 0.348. The number of carbonyl (C=O) groups is 1. The van der Waals surface area contributed by atoms with Crippen LogP contribution in [0.4, 0.5) is 0 Å². The van der Waals surface area contributed by atoms with Crippen LogP contribution in [-0.4, -0.2) is 31.1 Å². The second-order valence-electron chi connectivity index (χ2n) is 7.00. The Hall–Kier alpha value is -2.75. The largest absolute Gasteiger partial charge is 0.497 e. The quantitative estimate of drug-likeness (QED) is 0.645. The van der Waals surface area contributed by atoms with Gasteiger partial charge in [-0.2, -0.15) is 0 Å². The highest BCUT2D eigenvalue weighted by atomic mass is 16.5. The molecule has 1 aliphatic carbocycles. The van der Waals surface area contributed by atoms with Crippen LogP contribution in [0.1, 0.15) is 30.9 Å². The van der Waals surface area contributed by atoms with E-state index in [9.17, 15) is 4.79 Å². The minimum absolute atomic E-state index is 0.0352. The Labute approximate surface area is 161 Å². The zero-order valence-electron chi connectivity index (χ0n) is 16.2. The van der Waals surface area contributed by atoms with Crippen molar-refractivity contribution in [3.05, 3.63) is 65.7 Å². The van der Waals surface area contributed by atoms with E-state index < -0.39 is 0 Å². The number of benzene rings is 2. The van der Waals surface area contributed by atoms with Crippen LogP contribution in [0.25, 0.3) is 6.08 Å². The molecule has 2 aromatic carbocycles. The van der Waals surface area contributed by atoms with Gasteiger partial charge in [0.1, 0.15) is 11.5 Å². The summed E-state index contributed by atoms with van der Waals surface area (Å²) >= 11 is 0. The summed E-state index contributed by atoms with van der Waals surface area (Å²) in [6, 6.07) is 15.8. The smallest absolute Gasteiger partial charge is 0.247 e. The summed E-state index contributed by atoms with van der Waals surface area (Å²) in [7, 11) is 3.30. The van der Waals surface area contributed by atoms with Gasteiger partial charge in [0.05, 0.1) is 14.2 Å². The lowest BCUT2D eigenvalue weighted by atomic mass is 10.1. The van der Waals surface area contributed by atoms with Gasteiger partial charge in [0.2, 0.25) is 5.91 Å². The molecular formula is C23H27NO3. The number of rotatable bonds is 8. The Bertz CT molecular complexity index is 794. The van der Waals surface area contributed by atoms with Gasteiger partial charge in [0, 0.05) is 18.7 Å². The van der Waals surface area contributed by atoms with Gasteiger partial charge < -0.3 is 14.4 Å². The van der Waals surface area contributed by atoms with Gasteiger partial charge in [-0.25, -0.2) is 0 Å². The molecule has 0 aliphatic heterocycles. The number of hydrogen-bond donors (Lipinski definition) is 0. The van der Waals surface area contributed by atoms with E-state index in [0.717, 1.165) is 22.6 Å². The first-order chi connectivity index (χ1) is 13.1. The SMILES string of the molecule is COc1ccc(CN(C(=O)/C=C/c2cccc(OC)c2)C(C)C2CC2)cc1. The van der Waals surface area contributed by atoms with E-state index in [1.54, 1.807) is 20.3 Å². The highest BCUT2D eigenvalue weighted by Gasteiger charge is 2.33. The molecule has 0 heterocycles. The van der Waals surface area contributed by atoms with Crippen LogP contribution in [0, 0.1) is 5.92 Å². The number of amides is 1. The average molecular weight is 365 g/mol. The molecule has 1 amide bonds. The first-order valence-corrected chi connectivity index (χ1v) is 9.36. The van der Waals surface area contributed by atoms with E-state index >= 15 is 0 Å². The number of carbonyl (C=O) groups excluding carboxylic acids is 1. The summed E-state index contributed by atoms with van der Waals surface area (Å²) in [5.74, 6) is 2.25. The summed E-state index contributed by atoms with van der Waals surface area (Å²) in [6.07, 6.45) is 5.92. The minimum atomic E-state index is 0.0352. The Balaban J connectivity index is 1.74. The maximum absolute atomic E-state index is 13.0. The molecule has 1 saturated carbocycles. The van der Waals surface area contributed by atoms with Gasteiger partial charge in [-0.15, -0.1) is 0 Å². The van der Waals surface area contributed by atoms with Gasteiger partial charge in [0.15, 0.2) is 0 Å². The first kappa shape index (κ1) is 19.0. The number of nitrogens with zero attached hydrogens (tertiary/aromatic N) is 1. The fourth-order valence-electron chi connectivity index (χ4n) is 3.19. The van der Waals surface area contributed by atoms with Crippen molar-refractivity contribution in [3.63, 3.8) is 0 Å². The fourth-order valence-corrected chi connectivity index (χ4v) is 3.19. The molecule has 0 radical (unpaired) electrons. The standard InChI is InChI=1S/C23H27NO3/c1-17(20-10-11-20)24(16-19-7-12-21(26-2)13-8-19)23(25)14-9-18-5-4-6-22(15-18)27-3/h4-9,12-15,17,20H,10-11,16H2,1-3H3/b14-9+. The van der Waals surface area contributed by atoms with Gasteiger partial charge in [-0.05, 0) is 67.2 Å². The lowest BCUT2D eigenvalue weighted by Gasteiger charge is -2.28. The van der Waals surface area contributed by atoms with E-state index in [0.29, 0.717) is 12.5 Å². The molecule has 4 nitrogen and oxygen atoms in total. The summed E-state index contributed by atoms with van der Waals surface area (Å²) in [4.78, 5) is 14.9. The number of methoxy groups -OCH3 is 2. The Morgan fingerprint density at radius 1 is 1.11 bits per heavy atom. The van der Waals surface area contributed by atoms with Gasteiger partial charge >= 0.3 is 0 Å². The normalized spacial score (nSPS) is 14.8. The molecule has 0 saturated heterocycles. The second-order valence-corrected chi connectivity index (χ2v) is 7.00. The van der Waals surface area contributed by atoms with Crippen LogP contribution < -0.4 is 9.47 Å². The second kappa shape index (κ2) is 8.76. The van der Waals surface area contributed by atoms with Crippen molar-refractivity contribution in [2.24, 2.45) is 5.92 Å². The molecule has 0 N–H and O–H groups in total. The lowest BCUT2D eigenvalue weighted by Crippen LogP contribution is -2.38. The molecule has 1 atom stereocenters. The Kier molecular flexibility index (Phi) is 6.17. The number of ether oxygens (including phenoxy) is 2. The van der Waals surface area contributed by atoms with E-state index in [1.165, 1.54) is 12.8 Å². The van der Waals surface area contributed by atoms with E-state index in [2.05, 4.69) is 6.92 Å². The van der Waals surface area contributed by atoms with Crippen molar-refractivity contribution in [3.8, 4) is 11.5 Å². The summed E-state index contributed by atoms with van der Waals surface area (Å²) < 4.78 is 10.5. The molecule has 27 heavy (non-hydrogen) atoms. The van der Waals surface area contributed by atoms with Gasteiger partial charge in [-0.3, -0.25) is 4.79 Å². The van der Waals surface area contributed by atoms with Crippen molar-refractivity contribution < 1.29 is 14.3 Å². The van der Waals surface area contributed by atoms with Gasteiger partial charge in [0.25, 0.3) is 0 Å². The van der Waals surface area contributed by atoms with Crippen LogP contribution in [0.15, 0.2) is 54.6 Å². The summed E-state index contributed by atoms with van der Waals surface area (Å²) in [6.45, 7) is 2.75. The molecule has 1 unspecified atom stereocenters. The highest BCUT2D eigenvalue weighted by molar-refractivity contribution is 5.92. The molecule has 4 heteroatoms. The van der Waals surface area contributed by atoms with Crippen LogP contribution >= 0.6 is 0 Å².